The molecule has 34 heavy (non-hydrogen) atoms. The van der Waals surface area contributed by atoms with Crippen LogP contribution in [0.2, 0.25) is 0 Å². The molecule has 2 aromatic heterocycles. The Balaban J connectivity index is 1.53. The van der Waals surface area contributed by atoms with Gasteiger partial charge >= 0.3 is 6.18 Å². The van der Waals surface area contributed by atoms with Crippen LogP contribution in [0.3, 0.4) is 0 Å². The zero-order valence-corrected chi connectivity index (χ0v) is 18.7. The summed E-state index contributed by atoms with van der Waals surface area (Å²) in [6.07, 6.45) is -1.33. The molecule has 174 valence electrons. The Morgan fingerprint density at radius 3 is 2.71 bits per heavy atom. The molecule has 1 aromatic carbocycles. The van der Waals surface area contributed by atoms with E-state index in [1.165, 1.54) is 19.2 Å². The maximum absolute atomic E-state index is 13.8. The summed E-state index contributed by atoms with van der Waals surface area (Å²) in [7, 11) is 7.20. The van der Waals surface area contributed by atoms with Crippen LogP contribution in [0.1, 0.15) is 42.6 Å². The lowest BCUT2D eigenvalue weighted by atomic mass is 9.84. The normalized spacial score (nSPS) is 17.9. The maximum atomic E-state index is 13.8. The highest BCUT2D eigenvalue weighted by molar-refractivity contribution is 6.32. The molecule has 0 fully saturated rings. The third-order valence-corrected chi connectivity index (χ3v) is 6.08. The summed E-state index contributed by atoms with van der Waals surface area (Å²) >= 11 is 0. The fraction of sp³-hybridized carbons (Fsp3) is 0.348. The van der Waals surface area contributed by atoms with Gasteiger partial charge in [-0.2, -0.15) is 13.2 Å². The van der Waals surface area contributed by atoms with Crippen LogP contribution in [0.15, 0.2) is 42.2 Å². The third-order valence-electron chi connectivity index (χ3n) is 6.08. The van der Waals surface area contributed by atoms with Gasteiger partial charge in [0.15, 0.2) is 5.82 Å². The first-order valence-corrected chi connectivity index (χ1v) is 10.9. The molecule has 4 heterocycles. The second-order valence-corrected chi connectivity index (χ2v) is 8.40. The first-order chi connectivity index (χ1) is 16.2. The Kier molecular flexibility index (Phi) is 5.49. The minimum Gasteiger partial charge on any atom is -0.479 e. The highest BCUT2D eigenvalue weighted by Gasteiger charge is 2.38. The number of hydrogen-bond acceptors (Lipinski definition) is 6. The van der Waals surface area contributed by atoms with Gasteiger partial charge in [0.05, 0.1) is 19.3 Å². The van der Waals surface area contributed by atoms with Gasteiger partial charge in [-0.15, -0.1) is 5.10 Å². The summed E-state index contributed by atoms with van der Waals surface area (Å²) in [4.78, 5) is 11.2. The summed E-state index contributed by atoms with van der Waals surface area (Å²) in [5.74, 6) is 0.704. The summed E-state index contributed by atoms with van der Waals surface area (Å²) < 4.78 is 48.5. The second-order valence-electron chi connectivity index (χ2n) is 8.40. The Morgan fingerprint density at radius 2 is 2.00 bits per heavy atom. The van der Waals surface area contributed by atoms with Gasteiger partial charge in [-0.25, -0.2) is 14.6 Å². The smallest absolute Gasteiger partial charge is 0.416 e. The van der Waals surface area contributed by atoms with Crippen molar-refractivity contribution in [3.63, 3.8) is 0 Å². The summed E-state index contributed by atoms with van der Waals surface area (Å²) in [6.45, 7) is 3.15. The van der Waals surface area contributed by atoms with Crippen molar-refractivity contribution in [3.05, 3.63) is 59.2 Å². The molecule has 2 radical (unpaired) electrons. The molecule has 0 spiro atoms. The lowest BCUT2D eigenvalue weighted by molar-refractivity contribution is -0.138. The molecular weight excluding hydrogens is 444 g/mol. The van der Waals surface area contributed by atoms with E-state index in [1.807, 2.05) is 24.1 Å². The molecule has 11 heteroatoms. The van der Waals surface area contributed by atoms with E-state index < -0.39 is 17.7 Å². The Labute approximate surface area is 196 Å². The van der Waals surface area contributed by atoms with Gasteiger partial charge in [0.25, 0.3) is 0 Å². The number of ether oxygens (including phenoxy) is 1. The van der Waals surface area contributed by atoms with Gasteiger partial charge in [-0.3, -0.25) is 0 Å². The number of anilines is 1. The summed E-state index contributed by atoms with van der Waals surface area (Å²) in [5.41, 5.74) is 1.80. The molecule has 1 atom stereocenters. The molecule has 2 aliphatic heterocycles. The van der Waals surface area contributed by atoms with Crippen molar-refractivity contribution in [3.8, 4) is 17.4 Å². The van der Waals surface area contributed by atoms with E-state index in [0.29, 0.717) is 49.3 Å². The van der Waals surface area contributed by atoms with E-state index in [9.17, 15) is 13.2 Å². The maximum Gasteiger partial charge on any atom is 0.416 e. The highest BCUT2D eigenvalue weighted by atomic mass is 19.4. The third kappa shape index (κ3) is 3.99. The number of aromatic nitrogens is 4. The van der Waals surface area contributed by atoms with Crippen LogP contribution in [0, 0.1) is 0 Å². The van der Waals surface area contributed by atoms with Gasteiger partial charge in [0.2, 0.25) is 5.88 Å². The predicted molar refractivity (Wildman–Crippen MR) is 122 cm³/mol. The highest BCUT2D eigenvalue weighted by Crippen LogP contribution is 2.40. The number of rotatable bonds is 4. The van der Waals surface area contributed by atoms with Crippen LogP contribution < -0.4 is 20.4 Å². The Bertz CT molecular complexity index is 1270. The van der Waals surface area contributed by atoms with Crippen molar-refractivity contribution in [2.75, 3.05) is 18.7 Å². The molecule has 7 nitrogen and oxygen atoms in total. The predicted octanol–water partition coefficient (Wildman–Crippen LogP) is 3.32. The molecule has 0 saturated carbocycles. The SMILES string of the molecule is [B]c1ccc([C@@H]2CCCn3nc(-c4ccc(N5C=C(C)NC5)c(OC)n4)nc32)c(C(F)(F)F)c1. The van der Waals surface area contributed by atoms with Gasteiger partial charge in [-0.1, -0.05) is 23.7 Å². The average molecular weight is 466 g/mol. The van der Waals surface area contributed by atoms with E-state index in [1.54, 1.807) is 10.7 Å². The molecule has 1 N–H and O–H groups in total. The quantitative estimate of drug-likeness (QED) is 0.596. The van der Waals surface area contributed by atoms with Crippen LogP contribution >= 0.6 is 0 Å². The minimum atomic E-state index is -4.52. The van der Waals surface area contributed by atoms with Crippen LogP contribution in [0.5, 0.6) is 5.88 Å². The number of alkyl halides is 3. The van der Waals surface area contributed by atoms with Crippen molar-refractivity contribution in [2.24, 2.45) is 0 Å². The van der Waals surface area contributed by atoms with E-state index >= 15 is 0 Å². The molecule has 2 aliphatic rings. The topological polar surface area (TPSA) is 68.1 Å². The van der Waals surface area contributed by atoms with Crippen LogP contribution in [0.4, 0.5) is 18.9 Å². The number of aryl methyl sites for hydroxylation is 1. The number of halogens is 3. The number of nitrogens with zero attached hydrogens (tertiary/aromatic N) is 5. The van der Waals surface area contributed by atoms with Crippen molar-refractivity contribution in [1.82, 2.24) is 25.1 Å². The minimum absolute atomic E-state index is 0.0728. The van der Waals surface area contributed by atoms with Crippen LogP contribution in [-0.2, 0) is 12.7 Å². The number of pyridine rings is 1. The lowest BCUT2D eigenvalue weighted by Gasteiger charge is -2.25. The number of nitrogens with one attached hydrogen (secondary N) is 1. The van der Waals surface area contributed by atoms with Gasteiger partial charge < -0.3 is 15.0 Å². The van der Waals surface area contributed by atoms with Crippen molar-refractivity contribution in [1.29, 1.82) is 0 Å². The molecule has 0 saturated heterocycles. The largest absolute Gasteiger partial charge is 0.479 e. The van der Waals surface area contributed by atoms with Gasteiger partial charge in [0.1, 0.15) is 25.1 Å². The van der Waals surface area contributed by atoms with Crippen molar-refractivity contribution in [2.45, 2.75) is 38.4 Å². The Hall–Kier alpha value is -3.50. The monoisotopic (exact) mass is 466 g/mol. The number of fused-ring (bicyclic) bond motifs is 1. The van der Waals surface area contributed by atoms with Crippen molar-refractivity contribution < 1.29 is 17.9 Å². The summed E-state index contributed by atoms with van der Waals surface area (Å²) in [5, 5.41) is 7.79. The number of hydrogen-bond donors (Lipinski definition) is 1. The van der Waals surface area contributed by atoms with Gasteiger partial charge in [-0.05, 0) is 37.5 Å². The first-order valence-electron chi connectivity index (χ1n) is 10.9. The standard InChI is InChI=1S/C23H22BF3N6O/c1-13-11-32(12-28-13)19-8-7-18(29-22(19)34-2)20-30-21-16(4-3-9-33(21)31-20)15-6-5-14(24)10-17(15)23(25,26)27/h5-8,10-11,16,28H,3-4,9,12H2,1-2H3/t16-/m0/s1. The van der Waals surface area contributed by atoms with E-state index in [2.05, 4.69) is 20.4 Å². The second kappa shape index (κ2) is 8.37. The van der Waals surface area contributed by atoms with Crippen molar-refractivity contribution >= 4 is 19.0 Å². The molecular formula is C23H22BF3N6O. The van der Waals surface area contributed by atoms with Gasteiger partial charge in [0, 0.05) is 24.4 Å². The number of benzene rings is 1. The number of allylic oxidation sites excluding steroid dienone is 1. The van der Waals surface area contributed by atoms with Crippen LogP contribution in [-0.4, -0.2) is 41.4 Å². The zero-order chi connectivity index (χ0) is 24.0. The zero-order valence-electron chi connectivity index (χ0n) is 18.7. The fourth-order valence-corrected chi connectivity index (χ4v) is 4.49. The molecule has 0 bridgehead atoms. The molecule has 0 aliphatic carbocycles. The molecule has 3 aromatic rings. The summed E-state index contributed by atoms with van der Waals surface area (Å²) in [6, 6.07) is 7.59. The van der Waals surface area contributed by atoms with E-state index in [-0.39, 0.29) is 11.0 Å². The number of methoxy groups -OCH3 is 1. The Morgan fingerprint density at radius 1 is 1.18 bits per heavy atom. The molecule has 5 rings (SSSR count). The van der Waals surface area contributed by atoms with Crippen LogP contribution in [0.25, 0.3) is 11.5 Å². The average Bonchev–Trinajstić information content (AvgIpc) is 3.44. The molecule has 0 amide bonds. The van der Waals surface area contributed by atoms with E-state index in [4.69, 9.17) is 12.6 Å². The fourth-order valence-electron chi connectivity index (χ4n) is 4.49. The van der Waals surface area contributed by atoms with E-state index in [0.717, 1.165) is 17.5 Å². The molecule has 0 unspecified atom stereocenters. The first kappa shape index (κ1) is 22.3. The lowest BCUT2D eigenvalue weighted by Crippen LogP contribution is -2.22.